The lowest BCUT2D eigenvalue weighted by atomic mass is 9.82. The number of rotatable bonds is 1. The smallest absolute Gasteiger partial charge is 0.252 e. The van der Waals surface area contributed by atoms with Crippen LogP contribution in [-0.4, -0.2) is 40.7 Å². The molecular formula is C14H21N3O3. The van der Waals surface area contributed by atoms with Gasteiger partial charge in [-0.1, -0.05) is 0 Å². The second-order valence-corrected chi connectivity index (χ2v) is 6.80. The number of carbonyl (C=O) groups excluding carboxylic acids is 3. The molecule has 20 heavy (non-hydrogen) atoms. The zero-order chi connectivity index (χ0) is 14.7. The van der Waals surface area contributed by atoms with Gasteiger partial charge in [0.1, 0.15) is 12.1 Å². The molecular weight excluding hydrogens is 258 g/mol. The van der Waals surface area contributed by atoms with Crippen LogP contribution in [0.3, 0.4) is 0 Å². The third-order valence-corrected chi connectivity index (χ3v) is 5.32. The Bertz CT molecular complexity index is 486. The van der Waals surface area contributed by atoms with Gasteiger partial charge in [-0.15, -0.1) is 0 Å². The summed E-state index contributed by atoms with van der Waals surface area (Å²) in [7, 11) is 0. The monoisotopic (exact) mass is 279 g/mol. The first-order chi connectivity index (χ1) is 9.32. The van der Waals surface area contributed by atoms with Crippen molar-refractivity contribution >= 4 is 17.7 Å². The summed E-state index contributed by atoms with van der Waals surface area (Å²) in [4.78, 5) is 37.8. The molecule has 110 valence electrons. The van der Waals surface area contributed by atoms with Crippen LogP contribution in [0.2, 0.25) is 0 Å². The molecule has 0 aromatic rings. The fourth-order valence-corrected chi connectivity index (χ4v) is 4.02. The van der Waals surface area contributed by atoms with E-state index in [0.717, 1.165) is 19.3 Å². The molecule has 1 heterocycles. The Morgan fingerprint density at radius 3 is 2.55 bits per heavy atom. The third kappa shape index (κ3) is 1.78. The molecule has 6 nitrogen and oxygen atoms in total. The zero-order valence-corrected chi connectivity index (χ0v) is 11.9. The van der Waals surface area contributed by atoms with Crippen LogP contribution < -0.4 is 11.1 Å². The van der Waals surface area contributed by atoms with Gasteiger partial charge in [0.2, 0.25) is 11.8 Å². The van der Waals surface area contributed by atoms with E-state index in [0.29, 0.717) is 11.8 Å². The highest BCUT2D eigenvalue weighted by molar-refractivity contribution is 6.06. The molecule has 1 saturated heterocycles. The Labute approximate surface area is 118 Å². The molecule has 3 fully saturated rings. The molecule has 2 aliphatic carbocycles. The van der Waals surface area contributed by atoms with E-state index in [-0.39, 0.29) is 24.4 Å². The maximum Gasteiger partial charge on any atom is 0.252 e. The second-order valence-electron chi connectivity index (χ2n) is 6.80. The molecule has 0 radical (unpaired) electrons. The third-order valence-electron chi connectivity index (χ3n) is 5.32. The summed E-state index contributed by atoms with van der Waals surface area (Å²) >= 11 is 0. The fourth-order valence-electron chi connectivity index (χ4n) is 4.02. The van der Waals surface area contributed by atoms with Crippen LogP contribution in [0.4, 0.5) is 0 Å². The lowest BCUT2D eigenvalue weighted by molar-refractivity contribution is -0.159. The van der Waals surface area contributed by atoms with Crippen LogP contribution in [0, 0.1) is 17.8 Å². The molecule has 2 bridgehead atoms. The van der Waals surface area contributed by atoms with Gasteiger partial charge >= 0.3 is 0 Å². The maximum atomic E-state index is 12.8. The second kappa shape index (κ2) is 4.28. The summed E-state index contributed by atoms with van der Waals surface area (Å²) in [6.45, 7) is 3.29. The Morgan fingerprint density at radius 1 is 1.30 bits per heavy atom. The standard InChI is InChI=1S/C14H21N3O3/c1-14(2)13(20)16-9(18)6-17(14)12(19)10-7-3-4-8(5-7)11(10)15/h7-8,10-11H,3-6,15H2,1-2H3,(H,16,18,20). The normalized spacial score (nSPS) is 39.0. The highest BCUT2D eigenvalue weighted by Gasteiger charge is 2.53. The highest BCUT2D eigenvalue weighted by Crippen LogP contribution is 2.48. The van der Waals surface area contributed by atoms with Crippen LogP contribution in [-0.2, 0) is 14.4 Å². The number of hydrogen-bond donors (Lipinski definition) is 2. The lowest BCUT2D eigenvalue weighted by Crippen LogP contribution is -2.67. The Kier molecular flexibility index (Phi) is 2.90. The van der Waals surface area contributed by atoms with Crippen molar-refractivity contribution in [3.8, 4) is 0 Å². The zero-order valence-electron chi connectivity index (χ0n) is 11.9. The van der Waals surface area contributed by atoms with E-state index in [1.165, 1.54) is 4.90 Å². The number of piperazine rings is 1. The number of nitrogens with two attached hydrogens (primary N) is 1. The summed E-state index contributed by atoms with van der Waals surface area (Å²) in [6, 6.07) is -0.128. The summed E-state index contributed by atoms with van der Waals surface area (Å²) in [5.41, 5.74) is 5.20. The van der Waals surface area contributed by atoms with Gasteiger partial charge in [0, 0.05) is 6.04 Å². The Hall–Kier alpha value is -1.43. The number of hydrogen-bond acceptors (Lipinski definition) is 4. The first kappa shape index (κ1) is 13.5. The molecule has 4 atom stereocenters. The average Bonchev–Trinajstić information content (AvgIpc) is 2.94. The minimum atomic E-state index is -0.994. The van der Waals surface area contributed by atoms with Gasteiger partial charge in [0.05, 0.1) is 5.92 Å². The van der Waals surface area contributed by atoms with E-state index in [4.69, 9.17) is 5.73 Å². The topological polar surface area (TPSA) is 92.5 Å². The molecule has 2 saturated carbocycles. The SMILES string of the molecule is CC1(C)C(=O)NC(=O)CN1C(=O)C1C2CCC(C2)C1N. The van der Waals surface area contributed by atoms with Crippen molar-refractivity contribution in [2.45, 2.75) is 44.7 Å². The number of imide groups is 1. The van der Waals surface area contributed by atoms with Gasteiger partial charge in [0.25, 0.3) is 5.91 Å². The molecule has 3 N–H and O–H groups in total. The van der Waals surface area contributed by atoms with Crippen molar-refractivity contribution in [1.82, 2.24) is 10.2 Å². The largest absolute Gasteiger partial charge is 0.327 e. The summed E-state index contributed by atoms with van der Waals surface area (Å²) in [6.07, 6.45) is 3.13. The molecule has 3 aliphatic rings. The van der Waals surface area contributed by atoms with Crippen LogP contribution in [0.15, 0.2) is 0 Å². The minimum absolute atomic E-state index is 0.0574. The van der Waals surface area contributed by atoms with Crippen LogP contribution >= 0.6 is 0 Å². The van der Waals surface area contributed by atoms with E-state index in [2.05, 4.69) is 5.32 Å². The molecule has 3 amide bonds. The lowest BCUT2D eigenvalue weighted by Gasteiger charge is -2.43. The number of nitrogens with one attached hydrogen (secondary N) is 1. The van der Waals surface area contributed by atoms with Crippen LogP contribution in [0.25, 0.3) is 0 Å². The molecule has 0 aromatic carbocycles. The summed E-state index contributed by atoms with van der Waals surface area (Å²) in [5, 5.41) is 2.29. The Morgan fingerprint density at radius 2 is 1.95 bits per heavy atom. The van der Waals surface area contributed by atoms with Gasteiger partial charge in [0.15, 0.2) is 0 Å². The maximum absolute atomic E-state index is 12.8. The van der Waals surface area contributed by atoms with Crippen molar-refractivity contribution in [1.29, 1.82) is 0 Å². The fraction of sp³-hybridized carbons (Fsp3) is 0.786. The molecule has 6 heteroatoms. The van der Waals surface area contributed by atoms with Crippen molar-refractivity contribution in [3.63, 3.8) is 0 Å². The molecule has 4 unspecified atom stereocenters. The van der Waals surface area contributed by atoms with Gasteiger partial charge in [-0.2, -0.15) is 0 Å². The van der Waals surface area contributed by atoms with E-state index < -0.39 is 17.4 Å². The van der Waals surface area contributed by atoms with Crippen LogP contribution in [0.5, 0.6) is 0 Å². The molecule has 0 spiro atoms. The van der Waals surface area contributed by atoms with Gasteiger partial charge in [-0.3, -0.25) is 19.7 Å². The predicted octanol–water partition coefficient (Wildman–Crippen LogP) is -0.377. The van der Waals surface area contributed by atoms with Crippen molar-refractivity contribution in [3.05, 3.63) is 0 Å². The highest BCUT2D eigenvalue weighted by atomic mass is 16.2. The molecule has 1 aliphatic heterocycles. The van der Waals surface area contributed by atoms with E-state index in [9.17, 15) is 14.4 Å². The minimum Gasteiger partial charge on any atom is -0.327 e. The van der Waals surface area contributed by atoms with Gasteiger partial charge in [-0.25, -0.2) is 0 Å². The summed E-state index contributed by atoms with van der Waals surface area (Å²) in [5.74, 6) is -0.451. The van der Waals surface area contributed by atoms with Crippen molar-refractivity contribution in [2.75, 3.05) is 6.54 Å². The summed E-state index contributed by atoms with van der Waals surface area (Å²) < 4.78 is 0. The van der Waals surface area contributed by atoms with Gasteiger partial charge in [-0.05, 0) is 44.9 Å². The van der Waals surface area contributed by atoms with E-state index in [1.54, 1.807) is 13.8 Å². The number of fused-ring (bicyclic) bond motifs is 2. The first-order valence-corrected chi connectivity index (χ1v) is 7.23. The molecule has 3 rings (SSSR count). The number of carbonyl (C=O) groups is 3. The number of amides is 3. The quantitative estimate of drug-likeness (QED) is 0.640. The van der Waals surface area contributed by atoms with Crippen molar-refractivity contribution in [2.24, 2.45) is 23.5 Å². The van der Waals surface area contributed by atoms with E-state index in [1.807, 2.05) is 0 Å². The Balaban J connectivity index is 1.86. The molecule has 0 aromatic heterocycles. The predicted molar refractivity (Wildman–Crippen MR) is 71.2 cm³/mol. The van der Waals surface area contributed by atoms with Crippen LogP contribution in [0.1, 0.15) is 33.1 Å². The van der Waals surface area contributed by atoms with Gasteiger partial charge < -0.3 is 10.6 Å². The first-order valence-electron chi connectivity index (χ1n) is 7.23. The van der Waals surface area contributed by atoms with E-state index >= 15 is 0 Å². The number of nitrogens with zero attached hydrogens (tertiary/aromatic N) is 1. The average molecular weight is 279 g/mol. The van der Waals surface area contributed by atoms with Crippen molar-refractivity contribution < 1.29 is 14.4 Å².